The number of oxazole rings is 1. The average Bonchev–Trinajstić information content (AvgIpc) is 3.28. The lowest BCUT2D eigenvalue weighted by Crippen LogP contribution is -2.45. The molecule has 1 fully saturated rings. The Morgan fingerprint density at radius 2 is 1.64 bits per heavy atom. The van der Waals surface area contributed by atoms with Crippen molar-refractivity contribution in [3.63, 3.8) is 0 Å². The number of piperazine rings is 1. The highest BCUT2D eigenvalue weighted by Gasteiger charge is 2.17. The van der Waals surface area contributed by atoms with Crippen LogP contribution in [0.2, 0.25) is 0 Å². The molecule has 6 nitrogen and oxygen atoms in total. The van der Waals surface area contributed by atoms with Crippen molar-refractivity contribution in [1.29, 1.82) is 0 Å². The highest BCUT2D eigenvalue weighted by molar-refractivity contribution is 7.99. The van der Waals surface area contributed by atoms with Crippen LogP contribution in [0.5, 0.6) is 0 Å². The van der Waals surface area contributed by atoms with Crippen molar-refractivity contribution in [3.8, 4) is 0 Å². The number of carbonyl (C=O) groups is 1. The van der Waals surface area contributed by atoms with E-state index in [-0.39, 0.29) is 11.7 Å². The molecule has 7 heteroatoms. The van der Waals surface area contributed by atoms with Gasteiger partial charge in [0.1, 0.15) is 5.52 Å². The molecular weight excluding hydrogens is 432 g/mol. The zero-order valence-corrected chi connectivity index (χ0v) is 19.1. The zero-order valence-electron chi connectivity index (χ0n) is 18.3. The summed E-state index contributed by atoms with van der Waals surface area (Å²) in [7, 11) is 0. The minimum Gasteiger partial charge on any atom is -0.431 e. The fourth-order valence-electron chi connectivity index (χ4n) is 4.00. The summed E-state index contributed by atoms with van der Waals surface area (Å²) in [6.45, 7) is 5.08. The topological polar surface area (TPSA) is 61.6 Å². The third kappa shape index (κ3) is 5.56. The van der Waals surface area contributed by atoms with E-state index in [0.29, 0.717) is 5.22 Å². The lowest BCUT2D eigenvalue weighted by atomic mass is 10.2. The van der Waals surface area contributed by atoms with Crippen LogP contribution in [0, 0.1) is 0 Å². The van der Waals surface area contributed by atoms with E-state index < -0.39 is 0 Å². The van der Waals surface area contributed by atoms with Gasteiger partial charge < -0.3 is 14.6 Å². The standard InChI is InChI=1S/C26H26N4O2S/c31-25(19-33-26-28-23-8-4-5-9-24(23)32-26)27-21-10-12-22(13-11-21)30-16-14-29(15-17-30)18-20-6-2-1-3-7-20/h1-13H,14-19H2,(H,27,31). The number of para-hydroxylation sites is 2. The number of benzene rings is 3. The number of anilines is 2. The van der Waals surface area contributed by atoms with Crippen LogP contribution in [0.15, 0.2) is 88.5 Å². The molecule has 0 radical (unpaired) electrons. The summed E-state index contributed by atoms with van der Waals surface area (Å²) >= 11 is 1.30. The van der Waals surface area contributed by atoms with Gasteiger partial charge in [-0.05, 0) is 42.0 Å². The maximum atomic E-state index is 12.4. The van der Waals surface area contributed by atoms with Gasteiger partial charge in [0.2, 0.25) is 5.91 Å². The van der Waals surface area contributed by atoms with Gasteiger partial charge in [0.05, 0.1) is 5.75 Å². The van der Waals surface area contributed by atoms with Crippen LogP contribution in [0.3, 0.4) is 0 Å². The first-order chi connectivity index (χ1) is 16.2. The first kappa shape index (κ1) is 21.6. The molecule has 1 aliphatic heterocycles. The van der Waals surface area contributed by atoms with Crippen LogP contribution >= 0.6 is 11.8 Å². The molecule has 0 saturated carbocycles. The summed E-state index contributed by atoms with van der Waals surface area (Å²) in [5, 5.41) is 3.46. The molecule has 3 aromatic carbocycles. The number of fused-ring (bicyclic) bond motifs is 1. The number of hydrogen-bond acceptors (Lipinski definition) is 6. The summed E-state index contributed by atoms with van der Waals surface area (Å²) in [6, 6.07) is 26.3. The van der Waals surface area contributed by atoms with E-state index >= 15 is 0 Å². The maximum Gasteiger partial charge on any atom is 0.257 e. The second kappa shape index (κ2) is 10.1. The Bertz CT molecular complexity index is 1170. The number of hydrogen-bond donors (Lipinski definition) is 1. The van der Waals surface area contributed by atoms with Gasteiger partial charge in [0, 0.05) is 44.1 Å². The fraction of sp³-hybridized carbons (Fsp3) is 0.231. The fourth-order valence-corrected chi connectivity index (χ4v) is 4.64. The molecule has 5 rings (SSSR count). The van der Waals surface area contributed by atoms with Gasteiger partial charge in [-0.1, -0.05) is 54.2 Å². The molecule has 33 heavy (non-hydrogen) atoms. The number of thioether (sulfide) groups is 1. The molecule has 0 atom stereocenters. The first-order valence-electron chi connectivity index (χ1n) is 11.1. The lowest BCUT2D eigenvalue weighted by Gasteiger charge is -2.36. The summed E-state index contributed by atoms with van der Waals surface area (Å²) in [5.41, 5.74) is 4.88. The Balaban J connectivity index is 1.09. The van der Waals surface area contributed by atoms with Gasteiger partial charge in [-0.3, -0.25) is 9.69 Å². The minimum absolute atomic E-state index is 0.0791. The molecule has 168 valence electrons. The molecule has 0 bridgehead atoms. The number of nitrogens with zero attached hydrogens (tertiary/aromatic N) is 3. The van der Waals surface area contributed by atoms with E-state index in [9.17, 15) is 4.79 Å². The predicted octanol–water partition coefficient (Wildman–Crippen LogP) is 4.88. The number of aromatic nitrogens is 1. The number of carbonyl (C=O) groups excluding carboxylic acids is 1. The second-order valence-corrected chi connectivity index (χ2v) is 9.01. The Kier molecular flexibility index (Phi) is 6.60. The van der Waals surface area contributed by atoms with Crippen LogP contribution in [-0.2, 0) is 11.3 Å². The monoisotopic (exact) mass is 458 g/mol. The van der Waals surface area contributed by atoms with Gasteiger partial charge in [-0.2, -0.15) is 0 Å². The summed E-state index contributed by atoms with van der Waals surface area (Å²) < 4.78 is 5.66. The SMILES string of the molecule is O=C(CSc1nc2ccccc2o1)Nc1ccc(N2CCN(Cc3ccccc3)CC2)cc1. The molecular formula is C26H26N4O2S. The van der Waals surface area contributed by atoms with Crippen molar-refractivity contribution >= 4 is 40.1 Å². The van der Waals surface area contributed by atoms with Gasteiger partial charge >= 0.3 is 0 Å². The minimum atomic E-state index is -0.0791. The molecule has 1 N–H and O–H groups in total. The van der Waals surface area contributed by atoms with E-state index in [4.69, 9.17) is 4.42 Å². The van der Waals surface area contributed by atoms with Crippen LogP contribution in [-0.4, -0.2) is 47.7 Å². The van der Waals surface area contributed by atoms with Crippen LogP contribution in [0.25, 0.3) is 11.1 Å². The summed E-state index contributed by atoms with van der Waals surface area (Å²) in [5.74, 6) is 0.169. The first-order valence-corrected chi connectivity index (χ1v) is 12.1. The molecule has 0 spiro atoms. The van der Waals surface area contributed by atoms with Crippen molar-refractivity contribution in [3.05, 3.63) is 84.4 Å². The van der Waals surface area contributed by atoms with E-state index in [1.807, 2.05) is 36.4 Å². The van der Waals surface area contributed by atoms with E-state index in [1.165, 1.54) is 23.0 Å². The molecule has 1 amide bonds. The van der Waals surface area contributed by atoms with E-state index in [0.717, 1.165) is 49.5 Å². The zero-order chi connectivity index (χ0) is 22.5. The largest absolute Gasteiger partial charge is 0.431 e. The molecule has 0 unspecified atom stereocenters. The molecule has 2 heterocycles. The molecule has 1 saturated heterocycles. The van der Waals surface area contributed by atoms with Crippen molar-refractivity contribution in [2.45, 2.75) is 11.8 Å². The van der Waals surface area contributed by atoms with Crippen molar-refractivity contribution in [1.82, 2.24) is 9.88 Å². The Labute approximate surface area is 197 Å². The number of amides is 1. The van der Waals surface area contributed by atoms with Gasteiger partial charge in [0.25, 0.3) is 5.22 Å². The molecule has 4 aromatic rings. The second-order valence-electron chi connectivity index (χ2n) is 8.08. The van der Waals surface area contributed by atoms with Crippen molar-refractivity contribution in [2.24, 2.45) is 0 Å². The van der Waals surface area contributed by atoms with Crippen LogP contribution < -0.4 is 10.2 Å². The van der Waals surface area contributed by atoms with Gasteiger partial charge in [0.15, 0.2) is 5.58 Å². The van der Waals surface area contributed by atoms with Gasteiger partial charge in [-0.15, -0.1) is 0 Å². The maximum absolute atomic E-state index is 12.4. The van der Waals surface area contributed by atoms with Crippen molar-refractivity contribution < 1.29 is 9.21 Å². The third-order valence-electron chi connectivity index (χ3n) is 5.74. The normalized spacial score (nSPS) is 14.5. The highest BCUT2D eigenvalue weighted by atomic mass is 32.2. The molecule has 1 aliphatic rings. The Hall–Kier alpha value is -3.29. The van der Waals surface area contributed by atoms with Crippen molar-refractivity contribution in [2.75, 3.05) is 42.1 Å². The third-order valence-corrected chi connectivity index (χ3v) is 6.57. The molecule has 1 aromatic heterocycles. The average molecular weight is 459 g/mol. The summed E-state index contributed by atoms with van der Waals surface area (Å²) in [4.78, 5) is 21.6. The predicted molar refractivity (Wildman–Crippen MR) is 134 cm³/mol. The van der Waals surface area contributed by atoms with Crippen LogP contribution in [0.4, 0.5) is 11.4 Å². The quantitative estimate of drug-likeness (QED) is 0.398. The van der Waals surface area contributed by atoms with E-state index in [1.54, 1.807) is 0 Å². The highest BCUT2D eigenvalue weighted by Crippen LogP contribution is 2.24. The smallest absolute Gasteiger partial charge is 0.257 e. The number of rotatable bonds is 7. The van der Waals surface area contributed by atoms with E-state index in [2.05, 4.69) is 62.6 Å². The van der Waals surface area contributed by atoms with Gasteiger partial charge in [-0.25, -0.2) is 4.98 Å². The Morgan fingerprint density at radius 3 is 2.39 bits per heavy atom. The van der Waals surface area contributed by atoms with Crippen LogP contribution in [0.1, 0.15) is 5.56 Å². The lowest BCUT2D eigenvalue weighted by molar-refractivity contribution is -0.113. The molecule has 0 aliphatic carbocycles. The number of nitrogens with one attached hydrogen (secondary N) is 1. The Morgan fingerprint density at radius 1 is 0.909 bits per heavy atom. The summed E-state index contributed by atoms with van der Waals surface area (Å²) in [6.07, 6.45) is 0.